The summed E-state index contributed by atoms with van der Waals surface area (Å²) in [7, 11) is 0. The molecule has 1 aromatic heterocycles. The molecule has 154 valence electrons. The van der Waals surface area contributed by atoms with Crippen molar-refractivity contribution < 1.29 is 24.3 Å². The zero-order valence-corrected chi connectivity index (χ0v) is 16.7. The van der Waals surface area contributed by atoms with Crippen molar-refractivity contribution >= 4 is 16.6 Å². The van der Waals surface area contributed by atoms with E-state index in [9.17, 15) is 24.7 Å². The van der Waals surface area contributed by atoms with Crippen LogP contribution in [0.15, 0.2) is 18.2 Å². The first-order valence-corrected chi connectivity index (χ1v) is 9.32. The third kappa shape index (κ3) is 4.04. The molecule has 8 heteroatoms. The second kappa shape index (κ2) is 6.79. The monoisotopic (exact) mass is 394 g/mol. The third-order valence-electron chi connectivity index (χ3n) is 5.44. The van der Waals surface area contributed by atoms with Crippen LogP contribution in [0.2, 0.25) is 0 Å². The first-order valence-electron chi connectivity index (χ1n) is 9.32. The Morgan fingerprint density at radius 1 is 1.29 bits per heavy atom. The zero-order valence-electron chi connectivity index (χ0n) is 16.7. The molecule has 0 bridgehead atoms. The summed E-state index contributed by atoms with van der Waals surface area (Å²) < 4.78 is 21.8. The maximum atomic E-state index is 14.3. The number of nitrogens with zero attached hydrogens (tertiary/aromatic N) is 2. The van der Waals surface area contributed by atoms with Gasteiger partial charge in [-0.1, -0.05) is 13.8 Å². The standard InChI is InChI=1S/C20H27FN2O5/c1-18(2,11-24)17-8-13-7-16(23(26)27)14(21)9-15(13)22(17)10-20(5-6-20)12-28-19(3,4)25/h7-9,24-25H,5-6,10-12H2,1-4H3. The lowest BCUT2D eigenvalue weighted by Gasteiger charge is -2.28. The van der Waals surface area contributed by atoms with Gasteiger partial charge in [-0.25, -0.2) is 0 Å². The highest BCUT2D eigenvalue weighted by Crippen LogP contribution is 2.49. The van der Waals surface area contributed by atoms with E-state index < -0.39 is 27.6 Å². The van der Waals surface area contributed by atoms with Gasteiger partial charge in [0.1, 0.15) is 0 Å². The molecule has 28 heavy (non-hydrogen) atoms. The predicted octanol–water partition coefficient (Wildman–Crippen LogP) is 3.48. The fraction of sp³-hybridized carbons (Fsp3) is 0.600. The van der Waals surface area contributed by atoms with Crippen LogP contribution in [-0.4, -0.2) is 38.7 Å². The fourth-order valence-corrected chi connectivity index (χ4v) is 3.41. The maximum absolute atomic E-state index is 14.3. The van der Waals surface area contributed by atoms with E-state index in [0.717, 1.165) is 18.5 Å². The molecule has 7 nitrogen and oxygen atoms in total. The fourth-order valence-electron chi connectivity index (χ4n) is 3.41. The van der Waals surface area contributed by atoms with Gasteiger partial charge in [-0.2, -0.15) is 4.39 Å². The van der Waals surface area contributed by atoms with Gasteiger partial charge in [0.05, 0.1) is 23.7 Å². The van der Waals surface area contributed by atoms with E-state index >= 15 is 0 Å². The predicted molar refractivity (Wildman–Crippen MR) is 103 cm³/mol. The number of halogens is 1. The molecule has 2 aromatic rings. The van der Waals surface area contributed by atoms with Gasteiger partial charge >= 0.3 is 5.69 Å². The maximum Gasteiger partial charge on any atom is 0.305 e. The van der Waals surface area contributed by atoms with Crippen molar-refractivity contribution in [3.63, 3.8) is 0 Å². The number of hydrogen-bond donors (Lipinski definition) is 2. The lowest BCUT2D eigenvalue weighted by molar-refractivity contribution is -0.387. The lowest BCUT2D eigenvalue weighted by Crippen LogP contribution is -2.31. The molecule has 0 unspecified atom stereocenters. The van der Waals surface area contributed by atoms with Crippen LogP contribution >= 0.6 is 0 Å². The normalized spacial score (nSPS) is 16.5. The number of fused-ring (bicyclic) bond motifs is 1. The van der Waals surface area contributed by atoms with Crippen LogP contribution in [0, 0.1) is 21.3 Å². The Balaban J connectivity index is 2.07. The average Bonchev–Trinajstić information content (AvgIpc) is 3.27. The quantitative estimate of drug-likeness (QED) is 0.406. The largest absolute Gasteiger partial charge is 0.395 e. The summed E-state index contributed by atoms with van der Waals surface area (Å²) in [5, 5.41) is 31.4. The van der Waals surface area contributed by atoms with Crippen molar-refractivity contribution in [2.75, 3.05) is 13.2 Å². The number of nitro benzene ring substituents is 1. The minimum absolute atomic E-state index is 0.124. The lowest BCUT2D eigenvalue weighted by atomic mass is 9.90. The number of benzene rings is 1. The van der Waals surface area contributed by atoms with E-state index in [0.29, 0.717) is 24.1 Å². The number of aromatic nitrogens is 1. The van der Waals surface area contributed by atoms with Crippen LogP contribution in [0.1, 0.15) is 46.2 Å². The first kappa shape index (κ1) is 20.7. The van der Waals surface area contributed by atoms with E-state index in [-0.39, 0.29) is 12.0 Å². The molecule has 1 aromatic carbocycles. The molecule has 1 aliphatic carbocycles. The Morgan fingerprint density at radius 2 is 1.93 bits per heavy atom. The summed E-state index contributed by atoms with van der Waals surface area (Å²) >= 11 is 0. The van der Waals surface area contributed by atoms with Crippen LogP contribution in [0.3, 0.4) is 0 Å². The van der Waals surface area contributed by atoms with E-state index in [1.165, 1.54) is 12.1 Å². The van der Waals surface area contributed by atoms with Crippen molar-refractivity contribution in [1.82, 2.24) is 4.57 Å². The molecule has 0 radical (unpaired) electrons. The van der Waals surface area contributed by atoms with Gasteiger partial charge in [0.15, 0.2) is 5.79 Å². The second-order valence-corrected chi connectivity index (χ2v) is 9.01. The molecular weight excluding hydrogens is 367 g/mol. The zero-order chi connectivity index (χ0) is 20.9. The molecule has 2 N–H and O–H groups in total. The first-order chi connectivity index (χ1) is 12.9. The summed E-state index contributed by atoms with van der Waals surface area (Å²) in [4.78, 5) is 10.4. The summed E-state index contributed by atoms with van der Waals surface area (Å²) in [5.41, 5.74) is -0.0415. The molecule has 0 aliphatic heterocycles. The number of hydrogen-bond acceptors (Lipinski definition) is 5. The minimum atomic E-state index is -1.24. The van der Waals surface area contributed by atoms with Crippen LogP contribution in [0.5, 0.6) is 0 Å². The molecule has 1 aliphatic rings. The third-order valence-corrected chi connectivity index (χ3v) is 5.44. The summed E-state index contributed by atoms with van der Waals surface area (Å²) in [6.07, 6.45) is 1.80. The molecular formula is C20H27FN2O5. The number of ether oxygens (including phenoxy) is 1. The van der Waals surface area contributed by atoms with Crippen LogP contribution < -0.4 is 0 Å². The van der Waals surface area contributed by atoms with Crippen LogP contribution in [0.25, 0.3) is 10.9 Å². The molecule has 0 saturated heterocycles. The molecule has 1 fully saturated rings. The average molecular weight is 394 g/mol. The van der Waals surface area contributed by atoms with E-state index in [1.807, 2.05) is 18.4 Å². The number of nitro groups is 1. The van der Waals surface area contributed by atoms with Crippen molar-refractivity contribution in [3.05, 3.63) is 39.8 Å². The molecule has 0 atom stereocenters. The van der Waals surface area contributed by atoms with Gasteiger partial charge in [0.25, 0.3) is 0 Å². The summed E-state index contributed by atoms with van der Waals surface area (Å²) in [5.74, 6) is -2.13. The Kier molecular flexibility index (Phi) is 5.02. The molecule has 0 spiro atoms. The van der Waals surface area contributed by atoms with Crippen molar-refractivity contribution in [3.8, 4) is 0 Å². The van der Waals surface area contributed by atoms with Gasteiger partial charge in [-0.15, -0.1) is 0 Å². The van der Waals surface area contributed by atoms with E-state index in [4.69, 9.17) is 4.74 Å². The van der Waals surface area contributed by atoms with E-state index in [1.54, 1.807) is 19.9 Å². The van der Waals surface area contributed by atoms with Crippen molar-refractivity contribution in [1.29, 1.82) is 0 Å². The van der Waals surface area contributed by atoms with Crippen LogP contribution in [0.4, 0.5) is 10.1 Å². The highest BCUT2D eigenvalue weighted by atomic mass is 19.1. The number of aliphatic hydroxyl groups excluding tert-OH is 1. The Hall–Kier alpha value is -2.03. The highest BCUT2D eigenvalue weighted by molar-refractivity contribution is 5.84. The molecule has 0 amide bonds. The molecule has 3 rings (SSSR count). The molecule has 1 saturated carbocycles. The Morgan fingerprint density at radius 3 is 2.43 bits per heavy atom. The Labute approximate surface area is 162 Å². The van der Waals surface area contributed by atoms with Gasteiger partial charge < -0.3 is 19.5 Å². The minimum Gasteiger partial charge on any atom is -0.395 e. The SMILES string of the molecule is CC(C)(O)OCC1(Cn2c(C(C)(C)CO)cc3cc([N+](=O)[O-])c(F)cc32)CC1. The van der Waals surface area contributed by atoms with E-state index in [2.05, 4.69) is 0 Å². The van der Waals surface area contributed by atoms with Gasteiger partial charge in [0.2, 0.25) is 5.82 Å². The van der Waals surface area contributed by atoms with Gasteiger partial charge in [-0.3, -0.25) is 10.1 Å². The molecule has 1 heterocycles. The highest BCUT2D eigenvalue weighted by Gasteiger charge is 2.45. The van der Waals surface area contributed by atoms with Crippen molar-refractivity contribution in [2.45, 2.75) is 58.3 Å². The van der Waals surface area contributed by atoms with Gasteiger partial charge in [-0.05, 0) is 32.8 Å². The summed E-state index contributed by atoms with van der Waals surface area (Å²) in [6.45, 7) is 7.63. The topological polar surface area (TPSA) is 97.8 Å². The Bertz CT molecular complexity index is 909. The number of rotatable bonds is 8. The van der Waals surface area contributed by atoms with Crippen molar-refractivity contribution in [2.24, 2.45) is 5.41 Å². The van der Waals surface area contributed by atoms with Crippen LogP contribution in [-0.2, 0) is 16.7 Å². The second-order valence-electron chi connectivity index (χ2n) is 9.01. The summed E-state index contributed by atoms with van der Waals surface area (Å²) in [6, 6.07) is 4.22. The van der Waals surface area contributed by atoms with Gasteiger partial charge in [0, 0.05) is 40.6 Å². The number of aliphatic hydroxyl groups is 2. The smallest absolute Gasteiger partial charge is 0.305 e.